The van der Waals surface area contributed by atoms with Crippen LogP contribution in [0.15, 0.2) is 27.4 Å². The van der Waals surface area contributed by atoms with Gasteiger partial charge in [-0.05, 0) is 30.4 Å². The van der Waals surface area contributed by atoms with E-state index in [-0.39, 0.29) is 22.4 Å². The van der Waals surface area contributed by atoms with Crippen LogP contribution in [0.3, 0.4) is 0 Å². The molecule has 0 saturated heterocycles. The minimum atomic E-state index is -0.567. The summed E-state index contributed by atoms with van der Waals surface area (Å²) in [5.41, 5.74) is 0.109. The van der Waals surface area contributed by atoms with E-state index in [1.807, 2.05) is 0 Å². The number of aromatic nitrogens is 1. The lowest BCUT2D eigenvalue weighted by atomic mass is 10.2. The Kier molecular flexibility index (Phi) is 4.26. The van der Waals surface area contributed by atoms with Crippen LogP contribution in [0, 0.1) is 0 Å². The molecule has 1 heterocycles. The molecule has 0 radical (unpaired) electrons. The third-order valence-electron chi connectivity index (χ3n) is 2.50. The molecule has 0 spiro atoms. The molecule has 0 saturated carbocycles. The molecule has 114 valence electrons. The van der Waals surface area contributed by atoms with E-state index in [0.29, 0.717) is 5.56 Å². The Balaban J connectivity index is 2.50. The Morgan fingerprint density at radius 3 is 2.36 bits per heavy atom. The number of carbonyl (C=O) groups excluding carboxylic acids is 2. The van der Waals surface area contributed by atoms with Crippen molar-refractivity contribution in [2.75, 3.05) is 0 Å². The molecular formula is C15H13NO6. The highest BCUT2D eigenvalue weighted by atomic mass is 16.6. The number of nitrogens with one attached hydrogen (secondary N) is 1. The zero-order chi connectivity index (χ0) is 16.3. The standard InChI is InChI=1S/C15H13NO6/c1-8-16-12(15(19)20-8)6-11-4-5-13(21-9(2)17)14(7-11)22-10(3)18/h4-7,16H,1H2,2-3H3. The van der Waals surface area contributed by atoms with Gasteiger partial charge in [0, 0.05) is 13.8 Å². The first kappa shape index (κ1) is 15.3. The fourth-order valence-corrected chi connectivity index (χ4v) is 1.74. The second kappa shape index (κ2) is 6.13. The molecule has 0 atom stereocenters. The van der Waals surface area contributed by atoms with Gasteiger partial charge in [-0.1, -0.05) is 6.07 Å². The first-order valence-electron chi connectivity index (χ1n) is 6.26. The fraction of sp³-hybridized carbons (Fsp3) is 0.133. The minimum absolute atomic E-state index is 0.0715. The summed E-state index contributed by atoms with van der Waals surface area (Å²) in [6.45, 7) is 5.94. The Labute approximate surface area is 124 Å². The number of hydrogen-bond donors (Lipinski definition) is 1. The first-order valence-corrected chi connectivity index (χ1v) is 6.26. The van der Waals surface area contributed by atoms with Crippen molar-refractivity contribution in [2.24, 2.45) is 0 Å². The van der Waals surface area contributed by atoms with Crippen LogP contribution in [0.2, 0.25) is 0 Å². The molecule has 1 aromatic carbocycles. The summed E-state index contributed by atoms with van der Waals surface area (Å²) in [7, 11) is 0. The molecule has 22 heavy (non-hydrogen) atoms. The van der Waals surface area contributed by atoms with Crippen LogP contribution in [0.25, 0.3) is 12.7 Å². The van der Waals surface area contributed by atoms with Gasteiger partial charge in [0.15, 0.2) is 17.0 Å². The highest BCUT2D eigenvalue weighted by Gasteiger charge is 2.10. The second-order valence-corrected chi connectivity index (χ2v) is 4.39. The summed E-state index contributed by atoms with van der Waals surface area (Å²) in [5, 5.41) is 0.194. The monoisotopic (exact) mass is 303 g/mol. The van der Waals surface area contributed by atoms with Gasteiger partial charge in [0.25, 0.3) is 0 Å². The highest BCUT2D eigenvalue weighted by Crippen LogP contribution is 2.29. The molecule has 0 aliphatic carbocycles. The number of aromatic amines is 1. The lowest BCUT2D eigenvalue weighted by molar-refractivity contribution is -0.134. The van der Waals surface area contributed by atoms with E-state index < -0.39 is 17.6 Å². The van der Waals surface area contributed by atoms with Gasteiger partial charge in [0.2, 0.25) is 0 Å². The molecule has 7 nitrogen and oxygen atoms in total. The summed E-state index contributed by atoms with van der Waals surface area (Å²) >= 11 is 0. The van der Waals surface area contributed by atoms with Gasteiger partial charge in [0.1, 0.15) is 5.35 Å². The Hall–Kier alpha value is -3.09. The lowest BCUT2D eigenvalue weighted by Gasteiger charge is -2.08. The van der Waals surface area contributed by atoms with Crippen molar-refractivity contribution in [3.63, 3.8) is 0 Å². The topological polar surface area (TPSA) is 98.6 Å². The molecular weight excluding hydrogens is 290 g/mol. The second-order valence-electron chi connectivity index (χ2n) is 4.39. The van der Waals surface area contributed by atoms with Gasteiger partial charge < -0.3 is 18.9 Å². The number of esters is 2. The van der Waals surface area contributed by atoms with Gasteiger partial charge in [0.05, 0.1) is 0 Å². The largest absolute Gasteiger partial charge is 0.423 e. The molecule has 1 aromatic heterocycles. The molecule has 2 aromatic rings. The number of benzene rings is 1. The van der Waals surface area contributed by atoms with E-state index in [2.05, 4.69) is 11.6 Å². The maximum Gasteiger partial charge on any atom is 0.361 e. The molecule has 0 aliphatic rings. The van der Waals surface area contributed by atoms with Gasteiger partial charge in [-0.25, -0.2) is 4.79 Å². The number of ether oxygens (including phenoxy) is 2. The van der Waals surface area contributed by atoms with Gasteiger partial charge in [-0.2, -0.15) is 0 Å². The maximum atomic E-state index is 11.5. The number of hydrogen-bond acceptors (Lipinski definition) is 6. The zero-order valence-electron chi connectivity index (χ0n) is 12.0. The predicted molar refractivity (Wildman–Crippen MR) is 76.7 cm³/mol. The van der Waals surface area contributed by atoms with Crippen LogP contribution in [0.1, 0.15) is 19.4 Å². The van der Waals surface area contributed by atoms with E-state index in [9.17, 15) is 14.4 Å². The predicted octanol–water partition coefficient (Wildman–Crippen LogP) is 0.0576. The van der Waals surface area contributed by atoms with Crippen LogP contribution < -0.4 is 26.0 Å². The molecule has 0 aliphatic heterocycles. The molecule has 1 N–H and O–H groups in total. The van der Waals surface area contributed by atoms with Crippen molar-refractivity contribution in [2.45, 2.75) is 13.8 Å². The molecule has 0 unspecified atom stereocenters. The maximum absolute atomic E-state index is 11.5. The average molecular weight is 303 g/mol. The van der Waals surface area contributed by atoms with Crippen LogP contribution in [0.4, 0.5) is 0 Å². The first-order chi connectivity index (χ1) is 10.3. The van der Waals surface area contributed by atoms with Crippen molar-refractivity contribution in [1.29, 1.82) is 0 Å². The Morgan fingerprint density at radius 1 is 1.18 bits per heavy atom. The molecule has 0 fully saturated rings. The van der Waals surface area contributed by atoms with E-state index in [1.54, 1.807) is 6.07 Å². The number of carbonyl (C=O) groups is 2. The molecule has 0 bridgehead atoms. The summed E-state index contributed by atoms with van der Waals surface area (Å²) in [6, 6.07) is 4.51. The van der Waals surface area contributed by atoms with Gasteiger partial charge >= 0.3 is 17.6 Å². The van der Waals surface area contributed by atoms with Crippen LogP contribution in [-0.2, 0) is 9.59 Å². The normalized spacial score (nSPS) is 11.3. The number of rotatable bonds is 3. The smallest absolute Gasteiger partial charge is 0.361 e. The average Bonchev–Trinajstić information content (AvgIpc) is 2.70. The van der Waals surface area contributed by atoms with Crippen molar-refractivity contribution in [3.8, 4) is 11.5 Å². The van der Waals surface area contributed by atoms with E-state index in [0.717, 1.165) is 0 Å². The number of oxazole rings is 1. The molecule has 2 rings (SSSR count). The van der Waals surface area contributed by atoms with Crippen molar-refractivity contribution >= 4 is 24.6 Å². The minimum Gasteiger partial charge on any atom is -0.423 e. The van der Waals surface area contributed by atoms with Crippen molar-refractivity contribution < 1.29 is 23.5 Å². The van der Waals surface area contributed by atoms with Crippen LogP contribution in [0.5, 0.6) is 11.5 Å². The summed E-state index contributed by atoms with van der Waals surface area (Å²) in [4.78, 5) is 36.3. The molecule has 7 heteroatoms. The zero-order valence-corrected chi connectivity index (χ0v) is 12.0. The summed E-state index contributed by atoms with van der Waals surface area (Å²) in [5.74, 6) is -0.930. The van der Waals surface area contributed by atoms with Crippen LogP contribution in [-0.4, -0.2) is 16.9 Å². The highest BCUT2D eigenvalue weighted by molar-refractivity contribution is 5.74. The van der Waals surface area contributed by atoms with E-state index >= 15 is 0 Å². The third-order valence-corrected chi connectivity index (χ3v) is 2.50. The Morgan fingerprint density at radius 2 is 1.82 bits per heavy atom. The summed E-state index contributed by atoms with van der Waals surface area (Å²) in [6.07, 6.45) is 1.49. The van der Waals surface area contributed by atoms with Crippen LogP contribution >= 0.6 is 0 Å². The number of H-pyrrole nitrogens is 1. The quantitative estimate of drug-likeness (QED) is 0.636. The van der Waals surface area contributed by atoms with E-state index in [4.69, 9.17) is 13.9 Å². The third kappa shape index (κ3) is 3.72. The molecule has 0 amide bonds. The summed E-state index contributed by atoms with van der Waals surface area (Å²) < 4.78 is 14.7. The Bertz CT molecular complexity index is 889. The van der Waals surface area contributed by atoms with Crippen molar-refractivity contribution in [1.82, 2.24) is 4.98 Å². The fourth-order valence-electron chi connectivity index (χ4n) is 1.74. The van der Waals surface area contributed by atoms with Crippen molar-refractivity contribution in [3.05, 3.63) is 45.1 Å². The van der Waals surface area contributed by atoms with Gasteiger partial charge in [-0.15, -0.1) is 0 Å². The SMILES string of the molecule is C=c1[nH]c(=Cc2ccc(OC(C)=O)c(OC(C)=O)c2)c(=O)o1. The van der Waals surface area contributed by atoms with E-state index in [1.165, 1.54) is 32.1 Å². The van der Waals surface area contributed by atoms with Gasteiger partial charge in [-0.3, -0.25) is 9.59 Å². The lowest BCUT2D eigenvalue weighted by Crippen LogP contribution is -2.21.